The molecule has 0 aliphatic carbocycles. The number of hydrogen-bond donors (Lipinski definition) is 1. The molecule has 82 valence electrons. The summed E-state index contributed by atoms with van der Waals surface area (Å²) in [6, 6.07) is 5.57. The molecule has 0 unspecified atom stereocenters. The van der Waals surface area contributed by atoms with Gasteiger partial charge in [-0.25, -0.2) is 0 Å². The Hall–Kier alpha value is -1.23. The van der Waals surface area contributed by atoms with Crippen molar-refractivity contribution in [3.8, 4) is 0 Å². The highest BCUT2D eigenvalue weighted by atomic mass is 19.4. The van der Waals surface area contributed by atoms with Crippen molar-refractivity contribution < 1.29 is 13.2 Å². The lowest BCUT2D eigenvalue weighted by Crippen LogP contribution is -2.56. The fourth-order valence-electron chi connectivity index (χ4n) is 1.70. The maximum absolute atomic E-state index is 12.6. The standard InChI is InChI=1S/C10H11F3N2/c11-10(12,13)8-3-1-2-4-9(8)15-5-7(14)6-15/h1-4,7H,5-6,14H2. The van der Waals surface area contributed by atoms with Crippen LogP contribution in [-0.4, -0.2) is 19.1 Å². The Bertz CT molecular complexity index is 356. The molecule has 1 aromatic carbocycles. The molecule has 0 atom stereocenters. The van der Waals surface area contributed by atoms with Crippen LogP contribution in [-0.2, 0) is 6.18 Å². The summed E-state index contributed by atoms with van der Waals surface area (Å²) in [5.41, 5.74) is 5.18. The fraction of sp³-hybridized carbons (Fsp3) is 0.400. The Morgan fingerprint density at radius 3 is 2.33 bits per heavy atom. The highest BCUT2D eigenvalue weighted by molar-refractivity contribution is 5.57. The number of nitrogens with two attached hydrogens (primary N) is 1. The van der Waals surface area contributed by atoms with Gasteiger partial charge in [-0.3, -0.25) is 0 Å². The molecule has 0 amide bonds. The third kappa shape index (κ3) is 1.92. The SMILES string of the molecule is NC1CN(c2ccccc2C(F)(F)F)C1. The van der Waals surface area contributed by atoms with Gasteiger partial charge in [-0.15, -0.1) is 0 Å². The van der Waals surface area contributed by atoms with E-state index in [-0.39, 0.29) is 11.7 Å². The molecule has 5 heteroatoms. The van der Waals surface area contributed by atoms with Crippen LogP contribution in [0.4, 0.5) is 18.9 Å². The molecule has 0 radical (unpaired) electrons. The molecule has 15 heavy (non-hydrogen) atoms. The van der Waals surface area contributed by atoms with Gasteiger partial charge in [-0.05, 0) is 12.1 Å². The van der Waals surface area contributed by atoms with Crippen LogP contribution in [0.1, 0.15) is 5.56 Å². The third-order valence-corrected chi connectivity index (χ3v) is 2.46. The van der Waals surface area contributed by atoms with E-state index < -0.39 is 11.7 Å². The van der Waals surface area contributed by atoms with Crippen LogP contribution in [0.2, 0.25) is 0 Å². The highest BCUT2D eigenvalue weighted by Gasteiger charge is 2.36. The van der Waals surface area contributed by atoms with Gasteiger partial charge in [-0.2, -0.15) is 13.2 Å². The maximum atomic E-state index is 12.6. The van der Waals surface area contributed by atoms with E-state index in [1.165, 1.54) is 12.1 Å². The van der Waals surface area contributed by atoms with E-state index in [0.29, 0.717) is 13.1 Å². The Balaban J connectivity index is 2.31. The first-order valence-corrected chi connectivity index (χ1v) is 4.65. The molecule has 1 heterocycles. The molecule has 1 aliphatic rings. The lowest BCUT2D eigenvalue weighted by atomic mass is 10.1. The van der Waals surface area contributed by atoms with E-state index in [2.05, 4.69) is 0 Å². The lowest BCUT2D eigenvalue weighted by Gasteiger charge is -2.40. The van der Waals surface area contributed by atoms with Crippen molar-refractivity contribution in [2.24, 2.45) is 5.73 Å². The molecule has 1 fully saturated rings. The molecule has 0 spiro atoms. The van der Waals surface area contributed by atoms with Crippen LogP contribution in [0.15, 0.2) is 24.3 Å². The van der Waals surface area contributed by atoms with E-state index >= 15 is 0 Å². The third-order valence-electron chi connectivity index (χ3n) is 2.46. The predicted molar refractivity (Wildman–Crippen MR) is 51.6 cm³/mol. The summed E-state index contributed by atoms with van der Waals surface area (Å²) in [4.78, 5) is 1.65. The fourth-order valence-corrected chi connectivity index (χ4v) is 1.70. The predicted octanol–water partition coefficient (Wildman–Crippen LogP) is 1.85. The van der Waals surface area contributed by atoms with Crippen molar-refractivity contribution in [1.29, 1.82) is 0 Å². The molecular weight excluding hydrogens is 205 g/mol. The van der Waals surface area contributed by atoms with Crippen LogP contribution < -0.4 is 10.6 Å². The number of hydrogen-bond acceptors (Lipinski definition) is 2. The molecular formula is C10H11F3N2. The second-order valence-corrected chi connectivity index (χ2v) is 3.68. The largest absolute Gasteiger partial charge is 0.418 e. The summed E-state index contributed by atoms with van der Waals surface area (Å²) in [5, 5.41) is 0. The summed E-state index contributed by atoms with van der Waals surface area (Å²) in [6.45, 7) is 0.986. The quantitative estimate of drug-likeness (QED) is 0.776. The molecule has 1 aromatic rings. The van der Waals surface area contributed by atoms with Crippen LogP contribution in [0, 0.1) is 0 Å². The van der Waals surface area contributed by atoms with Gasteiger partial charge < -0.3 is 10.6 Å². The number of halogens is 3. The number of para-hydroxylation sites is 1. The number of anilines is 1. The summed E-state index contributed by atoms with van der Waals surface area (Å²) in [6.07, 6.45) is -4.30. The Morgan fingerprint density at radius 1 is 1.20 bits per heavy atom. The van der Waals surface area contributed by atoms with Gasteiger partial charge in [0.15, 0.2) is 0 Å². The van der Waals surface area contributed by atoms with E-state index in [9.17, 15) is 13.2 Å². The first-order valence-electron chi connectivity index (χ1n) is 4.65. The van der Waals surface area contributed by atoms with Crippen molar-refractivity contribution in [3.63, 3.8) is 0 Å². The van der Waals surface area contributed by atoms with Gasteiger partial charge in [0.25, 0.3) is 0 Å². The number of rotatable bonds is 1. The topological polar surface area (TPSA) is 29.3 Å². The first-order chi connectivity index (χ1) is 6.98. The minimum Gasteiger partial charge on any atom is -0.368 e. The average molecular weight is 216 g/mol. The Kier molecular flexibility index (Phi) is 2.34. The Labute approximate surface area is 85.5 Å². The van der Waals surface area contributed by atoms with Crippen molar-refractivity contribution in [1.82, 2.24) is 0 Å². The van der Waals surface area contributed by atoms with Crippen LogP contribution in [0.3, 0.4) is 0 Å². The lowest BCUT2D eigenvalue weighted by molar-refractivity contribution is -0.137. The molecule has 2 rings (SSSR count). The molecule has 0 saturated carbocycles. The van der Waals surface area contributed by atoms with Crippen LogP contribution in [0.5, 0.6) is 0 Å². The molecule has 2 N–H and O–H groups in total. The summed E-state index contributed by atoms with van der Waals surface area (Å²) < 4.78 is 37.8. The van der Waals surface area contributed by atoms with Gasteiger partial charge in [0.2, 0.25) is 0 Å². The zero-order valence-corrected chi connectivity index (χ0v) is 7.96. The smallest absolute Gasteiger partial charge is 0.368 e. The minimum absolute atomic E-state index is 0.00807. The molecule has 0 bridgehead atoms. The van der Waals surface area contributed by atoms with Crippen molar-refractivity contribution in [2.75, 3.05) is 18.0 Å². The average Bonchev–Trinajstić information content (AvgIpc) is 2.12. The van der Waals surface area contributed by atoms with Gasteiger partial charge >= 0.3 is 6.18 Å². The highest BCUT2D eigenvalue weighted by Crippen LogP contribution is 2.37. The van der Waals surface area contributed by atoms with E-state index in [1.54, 1.807) is 11.0 Å². The van der Waals surface area contributed by atoms with Crippen LogP contribution in [0.25, 0.3) is 0 Å². The second-order valence-electron chi connectivity index (χ2n) is 3.68. The molecule has 1 saturated heterocycles. The monoisotopic (exact) mass is 216 g/mol. The molecule has 2 nitrogen and oxygen atoms in total. The maximum Gasteiger partial charge on any atom is 0.418 e. The summed E-state index contributed by atoms with van der Waals surface area (Å²) >= 11 is 0. The normalized spacial score (nSPS) is 17.7. The zero-order valence-electron chi connectivity index (χ0n) is 7.96. The van der Waals surface area contributed by atoms with Crippen LogP contribution >= 0.6 is 0 Å². The zero-order chi connectivity index (χ0) is 11.1. The number of alkyl halides is 3. The first kappa shape index (κ1) is 10.3. The van der Waals surface area contributed by atoms with Gasteiger partial charge in [0.05, 0.1) is 5.56 Å². The number of nitrogens with zero attached hydrogens (tertiary/aromatic N) is 1. The summed E-state index contributed by atoms with van der Waals surface area (Å²) in [7, 11) is 0. The van der Waals surface area contributed by atoms with E-state index in [1.807, 2.05) is 0 Å². The Morgan fingerprint density at radius 2 is 1.80 bits per heavy atom. The second kappa shape index (κ2) is 3.41. The summed E-state index contributed by atoms with van der Waals surface area (Å²) in [5.74, 6) is 0. The molecule has 1 aliphatic heterocycles. The van der Waals surface area contributed by atoms with Gasteiger partial charge in [0.1, 0.15) is 0 Å². The minimum atomic E-state index is -4.30. The molecule has 0 aromatic heterocycles. The van der Waals surface area contributed by atoms with Crippen molar-refractivity contribution >= 4 is 5.69 Å². The van der Waals surface area contributed by atoms with Crippen molar-refractivity contribution in [2.45, 2.75) is 12.2 Å². The van der Waals surface area contributed by atoms with Crippen molar-refractivity contribution in [3.05, 3.63) is 29.8 Å². The van der Waals surface area contributed by atoms with Gasteiger partial charge in [-0.1, -0.05) is 12.1 Å². The van der Waals surface area contributed by atoms with Gasteiger partial charge in [0, 0.05) is 24.8 Å². The van der Waals surface area contributed by atoms with E-state index in [0.717, 1.165) is 6.07 Å². The van der Waals surface area contributed by atoms with E-state index in [4.69, 9.17) is 5.73 Å². The number of benzene rings is 1.